The van der Waals surface area contributed by atoms with E-state index in [0.717, 1.165) is 0 Å². The zero-order valence-electron chi connectivity index (χ0n) is 14.6. The maximum absolute atomic E-state index is 12.7. The van der Waals surface area contributed by atoms with Crippen LogP contribution in [-0.2, 0) is 9.53 Å². The highest BCUT2D eigenvalue weighted by Gasteiger charge is 2.38. The van der Waals surface area contributed by atoms with Crippen molar-refractivity contribution < 1.29 is 14.3 Å². The fourth-order valence-electron chi connectivity index (χ4n) is 2.70. The molecule has 1 aliphatic rings. The third-order valence-corrected chi connectivity index (χ3v) is 4.19. The quantitative estimate of drug-likeness (QED) is 0.784. The first kappa shape index (κ1) is 18.4. The van der Waals surface area contributed by atoms with Gasteiger partial charge in [0.15, 0.2) is 0 Å². The van der Waals surface area contributed by atoms with Gasteiger partial charge in [0.2, 0.25) is 5.91 Å². The minimum absolute atomic E-state index is 0.110. The van der Waals surface area contributed by atoms with Crippen molar-refractivity contribution in [2.75, 3.05) is 25.1 Å². The van der Waals surface area contributed by atoms with Gasteiger partial charge in [0.1, 0.15) is 0 Å². The molecule has 0 bridgehead atoms. The van der Waals surface area contributed by atoms with Gasteiger partial charge in [0.05, 0.1) is 5.41 Å². The molecule has 1 heterocycles. The summed E-state index contributed by atoms with van der Waals surface area (Å²) >= 11 is 0. The van der Waals surface area contributed by atoms with E-state index >= 15 is 0 Å². The lowest BCUT2D eigenvalue weighted by atomic mass is 9.79. The molecule has 0 spiro atoms. The molecule has 1 fully saturated rings. The van der Waals surface area contributed by atoms with Crippen LogP contribution in [0.4, 0.5) is 5.69 Å². The smallest absolute Gasteiger partial charge is 0.251 e. The van der Waals surface area contributed by atoms with Crippen LogP contribution < -0.4 is 16.4 Å². The van der Waals surface area contributed by atoms with Crippen LogP contribution >= 0.6 is 0 Å². The van der Waals surface area contributed by atoms with Gasteiger partial charge < -0.3 is 21.1 Å². The Hall–Kier alpha value is -1.92. The maximum atomic E-state index is 12.7. The van der Waals surface area contributed by atoms with E-state index in [2.05, 4.69) is 10.6 Å². The van der Waals surface area contributed by atoms with Gasteiger partial charge in [-0.25, -0.2) is 0 Å². The zero-order chi connectivity index (χ0) is 17.8. The number of hydrogen-bond acceptors (Lipinski definition) is 4. The van der Waals surface area contributed by atoms with E-state index in [1.807, 2.05) is 20.8 Å². The monoisotopic (exact) mass is 333 g/mol. The van der Waals surface area contributed by atoms with E-state index in [0.29, 0.717) is 37.3 Å². The average molecular weight is 333 g/mol. The predicted octanol–water partition coefficient (Wildman–Crippen LogP) is 1.91. The first-order valence-electron chi connectivity index (χ1n) is 8.28. The van der Waals surface area contributed by atoms with E-state index < -0.39 is 5.41 Å². The molecular formula is C18H27N3O3. The van der Waals surface area contributed by atoms with Crippen molar-refractivity contribution >= 4 is 17.5 Å². The summed E-state index contributed by atoms with van der Waals surface area (Å²) in [6, 6.07) is 6.94. The minimum Gasteiger partial charge on any atom is -0.381 e. The molecule has 2 amide bonds. The molecular weight excluding hydrogens is 306 g/mol. The van der Waals surface area contributed by atoms with Gasteiger partial charge in [-0.3, -0.25) is 9.59 Å². The molecule has 1 saturated heterocycles. The normalized spacial score (nSPS) is 17.2. The van der Waals surface area contributed by atoms with E-state index in [1.165, 1.54) is 0 Å². The second-order valence-corrected chi connectivity index (χ2v) is 7.34. The minimum atomic E-state index is -0.595. The van der Waals surface area contributed by atoms with Crippen molar-refractivity contribution in [1.29, 1.82) is 0 Å². The van der Waals surface area contributed by atoms with Gasteiger partial charge in [-0.1, -0.05) is 6.07 Å². The first-order valence-corrected chi connectivity index (χ1v) is 8.28. The number of ether oxygens (including phenoxy) is 1. The molecule has 0 aromatic heterocycles. The molecule has 4 N–H and O–H groups in total. The summed E-state index contributed by atoms with van der Waals surface area (Å²) in [5, 5.41) is 5.82. The molecule has 6 nitrogen and oxygen atoms in total. The summed E-state index contributed by atoms with van der Waals surface area (Å²) in [6.07, 6.45) is 1.22. The van der Waals surface area contributed by atoms with E-state index in [-0.39, 0.29) is 23.9 Å². The van der Waals surface area contributed by atoms with Crippen LogP contribution in [0.3, 0.4) is 0 Å². The number of benzene rings is 1. The average Bonchev–Trinajstić information content (AvgIpc) is 2.54. The fraction of sp³-hybridized carbons (Fsp3) is 0.556. The molecule has 1 aliphatic heterocycles. The molecule has 6 heteroatoms. The number of nitrogens with two attached hydrogens (primary N) is 1. The Morgan fingerprint density at radius 3 is 2.50 bits per heavy atom. The lowest BCUT2D eigenvalue weighted by Gasteiger charge is -2.34. The molecule has 0 unspecified atom stereocenters. The Kier molecular flexibility index (Phi) is 5.62. The fourth-order valence-corrected chi connectivity index (χ4v) is 2.70. The standard InChI is InChI=1S/C18H27N3O3/c1-17(2,3)21-15(22)13-5-4-6-14(11-13)20-16(23)18(12-19)7-9-24-10-8-18/h4-6,11H,7-10,12,19H2,1-3H3,(H,20,23)(H,21,22). The largest absolute Gasteiger partial charge is 0.381 e. The number of carbonyl (C=O) groups is 2. The summed E-state index contributed by atoms with van der Waals surface area (Å²) < 4.78 is 5.34. The summed E-state index contributed by atoms with van der Waals surface area (Å²) in [4.78, 5) is 24.9. The van der Waals surface area contributed by atoms with E-state index in [9.17, 15) is 9.59 Å². The Labute approximate surface area is 143 Å². The zero-order valence-corrected chi connectivity index (χ0v) is 14.6. The topological polar surface area (TPSA) is 93.5 Å². The van der Waals surface area contributed by atoms with Crippen molar-refractivity contribution in [2.24, 2.45) is 11.1 Å². The molecule has 132 valence electrons. The van der Waals surface area contributed by atoms with Crippen molar-refractivity contribution in [3.63, 3.8) is 0 Å². The lowest BCUT2D eigenvalue weighted by Crippen LogP contribution is -2.46. The molecule has 24 heavy (non-hydrogen) atoms. The van der Waals surface area contributed by atoms with Gasteiger partial charge in [-0.15, -0.1) is 0 Å². The molecule has 2 rings (SSSR count). The number of carbonyl (C=O) groups excluding carboxylic acids is 2. The van der Waals surface area contributed by atoms with Crippen LogP contribution in [0.5, 0.6) is 0 Å². The third kappa shape index (κ3) is 4.55. The molecule has 1 aromatic rings. The summed E-state index contributed by atoms with van der Waals surface area (Å²) in [5.41, 5.74) is 6.06. The number of amides is 2. The van der Waals surface area contributed by atoms with Crippen LogP contribution in [0, 0.1) is 5.41 Å². The highest BCUT2D eigenvalue weighted by atomic mass is 16.5. The Morgan fingerprint density at radius 1 is 1.25 bits per heavy atom. The highest BCUT2D eigenvalue weighted by Crippen LogP contribution is 2.31. The van der Waals surface area contributed by atoms with E-state index in [4.69, 9.17) is 10.5 Å². The third-order valence-electron chi connectivity index (χ3n) is 4.19. The molecule has 0 saturated carbocycles. The van der Waals surface area contributed by atoms with Gasteiger partial charge in [0, 0.05) is 36.5 Å². The highest BCUT2D eigenvalue weighted by molar-refractivity contribution is 5.99. The van der Waals surface area contributed by atoms with Crippen LogP contribution in [0.2, 0.25) is 0 Å². The van der Waals surface area contributed by atoms with Gasteiger partial charge in [-0.05, 0) is 51.8 Å². The SMILES string of the molecule is CC(C)(C)NC(=O)c1cccc(NC(=O)C2(CN)CCOCC2)c1. The van der Waals surface area contributed by atoms with Crippen molar-refractivity contribution in [2.45, 2.75) is 39.2 Å². The lowest BCUT2D eigenvalue weighted by molar-refractivity contribution is -0.130. The molecule has 0 atom stereocenters. The second-order valence-electron chi connectivity index (χ2n) is 7.34. The van der Waals surface area contributed by atoms with Crippen LogP contribution in [0.15, 0.2) is 24.3 Å². The Bertz CT molecular complexity index is 602. The predicted molar refractivity (Wildman–Crippen MR) is 93.8 cm³/mol. The molecule has 1 aromatic carbocycles. The van der Waals surface area contributed by atoms with Gasteiger partial charge >= 0.3 is 0 Å². The maximum Gasteiger partial charge on any atom is 0.251 e. The number of anilines is 1. The van der Waals surface area contributed by atoms with Crippen LogP contribution in [0.25, 0.3) is 0 Å². The van der Waals surface area contributed by atoms with Gasteiger partial charge in [-0.2, -0.15) is 0 Å². The van der Waals surface area contributed by atoms with E-state index in [1.54, 1.807) is 24.3 Å². The first-order chi connectivity index (χ1) is 11.3. The van der Waals surface area contributed by atoms with Crippen LogP contribution in [0.1, 0.15) is 44.0 Å². The Morgan fingerprint density at radius 2 is 1.92 bits per heavy atom. The summed E-state index contributed by atoms with van der Waals surface area (Å²) in [6.45, 7) is 7.13. The van der Waals surface area contributed by atoms with Crippen molar-refractivity contribution in [1.82, 2.24) is 5.32 Å². The summed E-state index contributed by atoms with van der Waals surface area (Å²) in [7, 11) is 0. The van der Waals surface area contributed by atoms with Crippen molar-refractivity contribution in [3.05, 3.63) is 29.8 Å². The number of hydrogen-bond donors (Lipinski definition) is 3. The van der Waals surface area contributed by atoms with Crippen molar-refractivity contribution in [3.8, 4) is 0 Å². The Balaban J connectivity index is 2.11. The second kappa shape index (κ2) is 7.32. The molecule has 0 radical (unpaired) electrons. The van der Waals surface area contributed by atoms with Crippen LogP contribution in [-0.4, -0.2) is 37.1 Å². The number of rotatable bonds is 4. The van der Waals surface area contributed by atoms with Gasteiger partial charge in [0.25, 0.3) is 5.91 Å². The summed E-state index contributed by atoms with van der Waals surface area (Å²) in [5.74, 6) is -0.278. The number of nitrogens with one attached hydrogen (secondary N) is 2. The molecule has 0 aliphatic carbocycles.